The number of benzene rings is 2. The van der Waals surface area contributed by atoms with Crippen molar-refractivity contribution in [3.8, 4) is 16.9 Å². The number of rotatable bonds is 7. The fourth-order valence-corrected chi connectivity index (χ4v) is 6.26. The summed E-state index contributed by atoms with van der Waals surface area (Å²) in [6, 6.07) is 14.6. The summed E-state index contributed by atoms with van der Waals surface area (Å²) in [6.45, 7) is 9.79. The van der Waals surface area contributed by atoms with Gasteiger partial charge in [0, 0.05) is 56.9 Å². The molecule has 1 amide bonds. The summed E-state index contributed by atoms with van der Waals surface area (Å²) in [7, 11) is 0. The van der Waals surface area contributed by atoms with Crippen LogP contribution < -0.4 is 5.43 Å². The van der Waals surface area contributed by atoms with E-state index in [-0.39, 0.29) is 11.7 Å². The summed E-state index contributed by atoms with van der Waals surface area (Å²) < 4.78 is 0. The SMILES string of the molecule is C=CCN1CCC2CCCC(C1)N2Cc1ccc(C(=O)NN2CCCCC2)cc1-c1cccc(O)c1. The molecule has 3 fully saturated rings. The van der Waals surface area contributed by atoms with Gasteiger partial charge in [0.2, 0.25) is 0 Å². The van der Waals surface area contributed by atoms with Crippen LogP contribution in [0.2, 0.25) is 0 Å². The van der Waals surface area contributed by atoms with Crippen LogP contribution in [0.15, 0.2) is 55.1 Å². The van der Waals surface area contributed by atoms with Crippen LogP contribution >= 0.6 is 0 Å². The minimum Gasteiger partial charge on any atom is -0.508 e. The lowest BCUT2D eigenvalue weighted by molar-refractivity contribution is 0.0748. The van der Waals surface area contributed by atoms with Gasteiger partial charge in [-0.05, 0) is 73.1 Å². The van der Waals surface area contributed by atoms with E-state index in [1.165, 1.54) is 37.7 Å². The van der Waals surface area contributed by atoms with E-state index >= 15 is 0 Å². The van der Waals surface area contributed by atoms with E-state index in [0.29, 0.717) is 17.6 Å². The van der Waals surface area contributed by atoms with Crippen LogP contribution in [0.5, 0.6) is 5.75 Å². The number of aromatic hydroxyl groups is 1. The molecule has 3 aliphatic heterocycles. The zero-order valence-electron chi connectivity index (χ0n) is 21.4. The summed E-state index contributed by atoms with van der Waals surface area (Å²) in [4.78, 5) is 18.4. The number of carbonyl (C=O) groups excluding carboxylic acids is 1. The molecule has 2 aromatic rings. The van der Waals surface area contributed by atoms with Crippen molar-refractivity contribution in [3.63, 3.8) is 0 Å². The van der Waals surface area contributed by atoms with Gasteiger partial charge in [-0.2, -0.15) is 0 Å². The van der Waals surface area contributed by atoms with Gasteiger partial charge in [-0.25, -0.2) is 5.01 Å². The standard InChI is InChI=1S/C30H40N4O2/c1-2-15-32-18-14-26-9-7-10-27(22-32)34(26)21-25-13-12-24(30(36)31-33-16-4-3-5-17-33)20-29(25)23-8-6-11-28(35)19-23/h2,6,8,11-13,19-20,26-27,35H,1,3-5,7,9-10,14-18,21-22H2,(H,31,36). The number of piperidine rings is 2. The Hall–Kier alpha value is -2.67. The molecule has 0 aromatic heterocycles. The van der Waals surface area contributed by atoms with E-state index in [2.05, 4.69) is 27.9 Å². The van der Waals surface area contributed by atoms with E-state index in [1.54, 1.807) is 12.1 Å². The van der Waals surface area contributed by atoms with E-state index in [0.717, 1.165) is 63.2 Å². The van der Waals surface area contributed by atoms with Crippen molar-refractivity contribution in [3.05, 3.63) is 66.2 Å². The van der Waals surface area contributed by atoms with Crippen LogP contribution in [0.1, 0.15) is 60.9 Å². The summed E-state index contributed by atoms with van der Waals surface area (Å²) in [5, 5.41) is 12.3. The van der Waals surface area contributed by atoms with E-state index in [9.17, 15) is 9.90 Å². The highest BCUT2D eigenvalue weighted by Crippen LogP contribution is 2.34. The first kappa shape index (κ1) is 25.0. The molecule has 0 aliphatic carbocycles. The highest BCUT2D eigenvalue weighted by molar-refractivity contribution is 5.95. The molecule has 2 aromatic carbocycles. The maximum atomic E-state index is 13.1. The Morgan fingerprint density at radius 3 is 2.64 bits per heavy atom. The quantitative estimate of drug-likeness (QED) is 0.548. The second kappa shape index (κ2) is 11.6. The third-order valence-corrected chi connectivity index (χ3v) is 8.15. The molecule has 192 valence electrons. The third kappa shape index (κ3) is 5.83. The number of hydrogen-bond donors (Lipinski definition) is 2. The average molecular weight is 489 g/mol. The fraction of sp³-hybridized carbons (Fsp3) is 0.500. The zero-order valence-corrected chi connectivity index (χ0v) is 21.4. The third-order valence-electron chi connectivity index (χ3n) is 8.15. The van der Waals surface area contributed by atoms with Crippen LogP contribution in [-0.4, -0.2) is 70.6 Å². The van der Waals surface area contributed by atoms with Crippen LogP contribution in [0.25, 0.3) is 11.1 Å². The van der Waals surface area contributed by atoms with Gasteiger partial charge in [0.15, 0.2) is 0 Å². The van der Waals surface area contributed by atoms with Crippen molar-refractivity contribution in [2.24, 2.45) is 0 Å². The summed E-state index contributed by atoms with van der Waals surface area (Å²) in [5.41, 5.74) is 6.96. The number of amides is 1. The molecule has 3 aliphatic rings. The van der Waals surface area contributed by atoms with Gasteiger partial charge in [-0.15, -0.1) is 6.58 Å². The highest BCUT2D eigenvalue weighted by atomic mass is 16.3. The highest BCUT2D eigenvalue weighted by Gasteiger charge is 2.34. The Kier molecular flexibility index (Phi) is 8.05. The number of nitrogens with zero attached hydrogens (tertiary/aromatic N) is 3. The number of nitrogens with one attached hydrogen (secondary N) is 1. The molecule has 0 spiro atoms. The number of phenols is 1. The lowest BCUT2D eigenvalue weighted by Crippen LogP contribution is -2.47. The maximum Gasteiger partial charge on any atom is 0.265 e. The van der Waals surface area contributed by atoms with Gasteiger partial charge < -0.3 is 5.11 Å². The molecule has 5 rings (SSSR count). The number of hydrogen-bond acceptors (Lipinski definition) is 5. The Balaban J connectivity index is 1.43. The second-order valence-electron chi connectivity index (χ2n) is 10.7. The second-order valence-corrected chi connectivity index (χ2v) is 10.7. The van der Waals surface area contributed by atoms with Gasteiger partial charge in [0.1, 0.15) is 5.75 Å². The lowest BCUT2D eigenvalue weighted by Gasteiger charge is -2.41. The van der Waals surface area contributed by atoms with Crippen molar-refractivity contribution in [2.45, 2.75) is 63.6 Å². The molecular formula is C30H40N4O2. The number of phenolic OH excluding ortho intramolecular Hbond substituents is 1. The molecule has 2 N–H and O–H groups in total. The fourth-order valence-electron chi connectivity index (χ4n) is 6.26. The van der Waals surface area contributed by atoms with Crippen LogP contribution in [-0.2, 0) is 6.54 Å². The Bertz CT molecular complexity index is 1060. The smallest absolute Gasteiger partial charge is 0.265 e. The van der Waals surface area contributed by atoms with Crippen molar-refractivity contribution in [2.75, 3.05) is 32.7 Å². The van der Waals surface area contributed by atoms with Crippen molar-refractivity contribution in [1.82, 2.24) is 20.2 Å². The zero-order chi connectivity index (χ0) is 24.9. The molecule has 36 heavy (non-hydrogen) atoms. The largest absolute Gasteiger partial charge is 0.508 e. The van der Waals surface area contributed by atoms with Crippen LogP contribution in [0.4, 0.5) is 0 Å². The summed E-state index contributed by atoms with van der Waals surface area (Å²) in [6.07, 6.45) is 10.4. The van der Waals surface area contributed by atoms with Crippen LogP contribution in [0.3, 0.4) is 0 Å². The van der Waals surface area contributed by atoms with Gasteiger partial charge in [0.05, 0.1) is 0 Å². The Morgan fingerprint density at radius 2 is 1.83 bits per heavy atom. The minimum absolute atomic E-state index is 0.0587. The molecule has 6 nitrogen and oxygen atoms in total. The molecule has 0 saturated carbocycles. The number of fused-ring (bicyclic) bond motifs is 2. The summed E-state index contributed by atoms with van der Waals surface area (Å²) >= 11 is 0. The molecule has 2 atom stereocenters. The Morgan fingerprint density at radius 1 is 1.00 bits per heavy atom. The van der Waals surface area contributed by atoms with Gasteiger partial charge in [0.25, 0.3) is 5.91 Å². The first-order valence-electron chi connectivity index (χ1n) is 13.7. The maximum absolute atomic E-state index is 13.1. The van der Waals surface area contributed by atoms with Gasteiger partial charge in [-0.1, -0.05) is 37.1 Å². The molecule has 3 saturated heterocycles. The predicted molar refractivity (Wildman–Crippen MR) is 145 cm³/mol. The molecular weight excluding hydrogens is 448 g/mol. The van der Waals surface area contributed by atoms with E-state index in [4.69, 9.17) is 0 Å². The van der Waals surface area contributed by atoms with E-state index in [1.807, 2.05) is 35.4 Å². The molecule has 2 unspecified atom stereocenters. The van der Waals surface area contributed by atoms with Crippen molar-refractivity contribution >= 4 is 5.91 Å². The molecule has 0 radical (unpaired) electrons. The van der Waals surface area contributed by atoms with Gasteiger partial charge in [-0.3, -0.25) is 20.0 Å². The monoisotopic (exact) mass is 488 g/mol. The predicted octanol–water partition coefficient (Wildman–Crippen LogP) is 4.80. The van der Waals surface area contributed by atoms with Crippen molar-refractivity contribution in [1.29, 1.82) is 0 Å². The normalized spacial score (nSPS) is 23.7. The summed E-state index contributed by atoms with van der Waals surface area (Å²) in [5.74, 6) is 0.185. The van der Waals surface area contributed by atoms with Crippen LogP contribution in [0, 0.1) is 0 Å². The first-order valence-corrected chi connectivity index (χ1v) is 13.7. The first-order chi connectivity index (χ1) is 17.6. The number of hydrazine groups is 1. The molecule has 3 heterocycles. The Labute approximate surface area is 215 Å². The topological polar surface area (TPSA) is 59.0 Å². The van der Waals surface area contributed by atoms with Gasteiger partial charge >= 0.3 is 0 Å². The molecule has 6 heteroatoms. The lowest BCUT2D eigenvalue weighted by atomic mass is 9.91. The minimum atomic E-state index is -0.0587. The average Bonchev–Trinajstić information content (AvgIpc) is 2.97. The van der Waals surface area contributed by atoms with Crippen molar-refractivity contribution < 1.29 is 9.90 Å². The number of carbonyl (C=O) groups is 1. The van der Waals surface area contributed by atoms with E-state index < -0.39 is 0 Å². The molecule has 2 bridgehead atoms.